The van der Waals surface area contributed by atoms with Crippen molar-refractivity contribution < 1.29 is 9.53 Å². The molecule has 1 amide bonds. The molecule has 0 aliphatic heterocycles. The van der Waals surface area contributed by atoms with Gasteiger partial charge in [0.25, 0.3) is 0 Å². The van der Waals surface area contributed by atoms with E-state index in [-0.39, 0.29) is 11.8 Å². The number of nitrogens with zero attached hydrogens (tertiary/aromatic N) is 1. The zero-order valence-electron chi connectivity index (χ0n) is 18.8. The fraction of sp³-hybridized carbons (Fsp3) is 0.214. The van der Waals surface area contributed by atoms with E-state index in [1.54, 1.807) is 7.11 Å². The van der Waals surface area contributed by atoms with Gasteiger partial charge in [-0.3, -0.25) is 9.78 Å². The molecule has 0 saturated carbocycles. The Bertz CT molecular complexity index is 1230. The standard InChI is InChI=1S/C28H28N2O2/c1-4-23(20-8-6-5-7-9-20)28(31)30-17-22-10-12-24(25-14-15-29-18-26(22)25)21-11-13-27(32-3)19(2)16-21/h5-16,18,23H,4,17H2,1-3H3,(H,30,31)/t23-/m1/s1. The average Bonchev–Trinajstić information content (AvgIpc) is 2.83. The van der Waals surface area contributed by atoms with Gasteiger partial charge in [0, 0.05) is 24.3 Å². The molecule has 3 aromatic carbocycles. The van der Waals surface area contributed by atoms with E-state index >= 15 is 0 Å². The predicted octanol–water partition coefficient (Wildman–Crippen LogP) is 6.03. The van der Waals surface area contributed by atoms with Crippen molar-refractivity contribution in [3.63, 3.8) is 0 Å². The summed E-state index contributed by atoms with van der Waals surface area (Å²) >= 11 is 0. The number of carbonyl (C=O) groups excluding carboxylic acids is 1. The van der Waals surface area contributed by atoms with Crippen LogP contribution in [0.4, 0.5) is 0 Å². The molecule has 0 bridgehead atoms. The maximum absolute atomic E-state index is 12.9. The number of rotatable bonds is 7. The monoisotopic (exact) mass is 424 g/mol. The molecule has 1 heterocycles. The Labute approximate surface area is 189 Å². The fourth-order valence-electron chi connectivity index (χ4n) is 4.26. The van der Waals surface area contributed by atoms with Crippen LogP contribution in [-0.2, 0) is 11.3 Å². The lowest BCUT2D eigenvalue weighted by molar-refractivity contribution is -0.122. The van der Waals surface area contributed by atoms with E-state index < -0.39 is 0 Å². The predicted molar refractivity (Wildman–Crippen MR) is 130 cm³/mol. The average molecular weight is 425 g/mol. The van der Waals surface area contributed by atoms with E-state index in [4.69, 9.17) is 4.74 Å². The van der Waals surface area contributed by atoms with Crippen LogP contribution in [-0.4, -0.2) is 18.0 Å². The van der Waals surface area contributed by atoms with Gasteiger partial charge in [-0.25, -0.2) is 0 Å². The Hall–Kier alpha value is -3.66. The number of carbonyl (C=O) groups is 1. The Morgan fingerprint density at radius 3 is 2.56 bits per heavy atom. The highest BCUT2D eigenvalue weighted by Crippen LogP contribution is 2.33. The van der Waals surface area contributed by atoms with Crippen molar-refractivity contribution in [2.24, 2.45) is 0 Å². The van der Waals surface area contributed by atoms with Crippen molar-refractivity contribution in [1.82, 2.24) is 10.3 Å². The van der Waals surface area contributed by atoms with E-state index in [1.165, 1.54) is 0 Å². The van der Waals surface area contributed by atoms with Gasteiger partial charge in [-0.1, -0.05) is 55.5 Å². The highest BCUT2D eigenvalue weighted by atomic mass is 16.5. The third kappa shape index (κ3) is 4.35. The molecule has 0 saturated heterocycles. The molecule has 0 aliphatic rings. The van der Waals surface area contributed by atoms with Gasteiger partial charge < -0.3 is 10.1 Å². The minimum absolute atomic E-state index is 0.0468. The molecular formula is C28H28N2O2. The van der Waals surface area contributed by atoms with Crippen LogP contribution in [0.2, 0.25) is 0 Å². The summed E-state index contributed by atoms with van der Waals surface area (Å²) in [4.78, 5) is 17.3. The summed E-state index contributed by atoms with van der Waals surface area (Å²) in [6.07, 6.45) is 4.45. The van der Waals surface area contributed by atoms with Gasteiger partial charge in [0.05, 0.1) is 13.0 Å². The van der Waals surface area contributed by atoms with Crippen LogP contribution in [0, 0.1) is 6.92 Å². The number of aromatic nitrogens is 1. The van der Waals surface area contributed by atoms with E-state index in [0.717, 1.165) is 50.8 Å². The van der Waals surface area contributed by atoms with Gasteiger partial charge in [0.2, 0.25) is 5.91 Å². The number of pyridine rings is 1. The van der Waals surface area contributed by atoms with Gasteiger partial charge in [-0.15, -0.1) is 0 Å². The van der Waals surface area contributed by atoms with Crippen molar-refractivity contribution in [2.45, 2.75) is 32.7 Å². The number of hydrogen-bond donors (Lipinski definition) is 1. The summed E-state index contributed by atoms with van der Waals surface area (Å²) < 4.78 is 5.41. The number of fused-ring (bicyclic) bond motifs is 1. The zero-order chi connectivity index (χ0) is 22.5. The molecule has 0 aliphatic carbocycles. The van der Waals surface area contributed by atoms with E-state index in [1.807, 2.05) is 68.7 Å². The molecule has 0 unspecified atom stereocenters. The summed E-state index contributed by atoms with van der Waals surface area (Å²) in [7, 11) is 1.69. The molecule has 4 heteroatoms. The summed E-state index contributed by atoms with van der Waals surface area (Å²) in [6.45, 7) is 4.56. The molecule has 1 atom stereocenters. The lowest BCUT2D eigenvalue weighted by Crippen LogP contribution is -2.28. The van der Waals surface area contributed by atoms with Crippen molar-refractivity contribution in [3.8, 4) is 16.9 Å². The largest absolute Gasteiger partial charge is 0.496 e. The van der Waals surface area contributed by atoms with Crippen LogP contribution in [0.25, 0.3) is 21.9 Å². The lowest BCUT2D eigenvalue weighted by atomic mass is 9.94. The summed E-state index contributed by atoms with van der Waals surface area (Å²) in [5, 5.41) is 5.31. The van der Waals surface area contributed by atoms with Gasteiger partial charge in [-0.05, 0) is 64.7 Å². The van der Waals surface area contributed by atoms with Gasteiger partial charge in [0.1, 0.15) is 5.75 Å². The maximum Gasteiger partial charge on any atom is 0.227 e. The topological polar surface area (TPSA) is 51.2 Å². The van der Waals surface area contributed by atoms with Crippen LogP contribution in [0.3, 0.4) is 0 Å². The van der Waals surface area contributed by atoms with Gasteiger partial charge in [0.15, 0.2) is 0 Å². The van der Waals surface area contributed by atoms with Crippen LogP contribution in [0.15, 0.2) is 79.1 Å². The first-order valence-electron chi connectivity index (χ1n) is 11.0. The number of methoxy groups -OCH3 is 1. The summed E-state index contributed by atoms with van der Waals surface area (Å²) in [5.41, 5.74) is 5.46. The number of ether oxygens (including phenoxy) is 1. The zero-order valence-corrected chi connectivity index (χ0v) is 18.8. The number of nitrogens with one attached hydrogen (secondary N) is 1. The van der Waals surface area contributed by atoms with Crippen molar-refractivity contribution in [3.05, 3.63) is 95.8 Å². The van der Waals surface area contributed by atoms with Crippen molar-refractivity contribution in [1.29, 1.82) is 0 Å². The Morgan fingerprint density at radius 1 is 1.03 bits per heavy atom. The molecular weight excluding hydrogens is 396 g/mol. The number of aryl methyl sites for hydroxylation is 1. The second-order valence-corrected chi connectivity index (χ2v) is 7.97. The first kappa shape index (κ1) is 21.6. The SMILES string of the molecule is CC[C@@H](C(=O)NCc1ccc(-c2ccc(OC)c(C)c2)c2ccncc12)c1ccccc1. The van der Waals surface area contributed by atoms with Crippen LogP contribution >= 0.6 is 0 Å². The molecule has 162 valence electrons. The normalized spacial score (nSPS) is 11.8. The third-order valence-corrected chi connectivity index (χ3v) is 5.99. The number of hydrogen-bond acceptors (Lipinski definition) is 3. The highest BCUT2D eigenvalue weighted by Gasteiger charge is 2.18. The molecule has 32 heavy (non-hydrogen) atoms. The first-order valence-corrected chi connectivity index (χ1v) is 11.0. The van der Waals surface area contributed by atoms with Crippen LogP contribution in [0.5, 0.6) is 5.75 Å². The van der Waals surface area contributed by atoms with E-state index in [2.05, 4.69) is 34.6 Å². The molecule has 0 radical (unpaired) electrons. The molecule has 1 aromatic heterocycles. The Balaban J connectivity index is 1.62. The first-order chi connectivity index (χ1) is 15.6. The van der Waals surface area contributed by atoms with Crippen LogP contribution < -0.4 is 10.1 Å². The van der Waals surface area contributed by atoms with Gasteiger partial charge in [-0.2, -0.15) is 0 Å². The number of amides is 1. The molecule has 4 aromatic rings. The van der Waals surface area contributed by atoms with Crippen molar-refractivity contribution >= 4 is 16.7 Å². The Morgan fingerprint density at radius 2 is 1.84 bits per heavy atom. The van der Waals surface area contributed by atoms with Crippen molar-refractivity contribution in [2.75, 3.05) is 7.11 Å². The number of benzene rings is 3. The lowest BCUT2D eigenvalue weighted by Gasteiger charge is -2.17. The minimum Gasteiger partial charge on any atom is -0.496 e. The summed E-state index contributed by atoms with van der Waals surface area (Å²) in [5.74, 6) is 0.774. The van der Waals surface area contributed by atoms with E-state index in [0.29, 0.717) is 6.54 Å². The molecule has 1 N–H and O–H groups in total. The third-order valence-electron chi connectivity index (χ3n) is 5.99. The molecule has 4 nitrogen and oxygen atoms in total. The van der Waals surface area contributed by atoms with E-state index in [9.17, 15) is 4.79 Å². The minimum atomic E-state index is -0.151. The fourth-order valence-corrected chi connectivity index (χ4v) is 4.26. The quantitative estimate of drug-likeness (QED) is 0.394. The second kappa shape index (κ2) is 9.65. The summed E-state index contributed by atoms with van der Waals surface area (Å²) in [6, 6.07) is 22.4. The van der Waals surface area contributed by atoms with Gasteiger partial charge >= 0.3 is 0 Å². The second-order valence-electron chi connectivity index (χ2n) is 7.97. The molecule has 0 fully saturated rings. The highest BCUT2D eigenvalue weighted by molar-refractivity contribution is 5.98. The van der Waals surface area contributed by atoms with Crippen LogP contribution in [0.1, 0.15) is 36.0 Å². The molecule has 4 rings (SSSR count). The molecule has 0 spiro atoms. The Kier molecular flexibility index (Phi) is 6.50. The smallest absolute Gasteiger partial charge is 0.227 e. The maximum atomic E-state index is 12.9.